The molecule has 1 heterocycles. The lowest BCUT2D eigenvalue weighted by atomic mass is 9.84. The monoisotopic (exact) mass is 237 g/mol. The van der Waals surface area contributed by atoms with Crippen molar-refractivity contribution in [1.82, 2.24) is 0 Å². The molecule has 1 heteroatoms. The fourth-order valence-corrected chi connectivity index (χ4v) is 2.99. The normalized spacial score (nSPS) is 18.5. The Balaban J connectivity index is 2.04. The van der Waals surface area contributed by atoms with Crippen molar-refractivity contribution in [3.05, 3.63) is 65.7 Å². The summed E-state index contributed by atoms with van der Waals surface area (Å²) in [5, 5.41) is 0. The zero-order valence-electron chi connectivity index (χ0n) is 10.8. The summed E-state index contributed by atoms with van der Waals surface area (Å²) in [6.07, 6.45) is 1.22. The molecule has 18 heavy (non-hydrogen) atoms. The van der Waals surface area contributed by atoms with Crippen molar-refractivity contribution < 1.29 is 0 Å². The van der Waals surface area contributed by atoms with Crippen LogP contribution in [0, 0.1) is 0 Å². The molecular formula is C17H19N. The smallest absolute Gasteiger partial charge is 0.0404 e. The highest BCUT2D eigenvalue weighted by atomic mass is 15.1. The van der Waals surface area contributed by atoms with E-state index in [2.05, 4.69) is 66.4 Å². The van der Waals surface area contributed by atoms with Gasteiger partial charge in [-0.25, -0.2) is 0 Å². The van der Waals surface area contributed by atoms with Crippen LogP contribution in [0.4, 0.5) is 5.69 Å². The predicted octanol–water partition coefficient (Wildman–Crippen LogP) is 4.05. The fourth-order valence-electron chi connectivity index (χ4n) is 2.99. The first-order chi connectivity index (χ1) is 8.90. The van der Waals surface area contributed by atoms with Gasteiger partial charge < -0.3 is 4.90 Å². The molecule has 3 rings (SSSR count). The summed E-state index contributed by atoms with van der Waals surface area (Å²) < 4.78 is 0. The average molecular weight is 237 g/mol. The van der Waals surface area contributed by atoms with Crippen LogP contribution in [0.25, 0.3) is 0 Å². The van der Waals surface area contributed by atoms with Crippen molar-refractivity contribution in [2.45, 2.75) is 19.3 Å². The predicted molar refractivity (Wildman–Crippen MR) is 77.2 cm³/mol. The maximum atomic E-state index is 2.48. The lowest BCUT2D eigenvalue weighted by molar-refractivity contribution is 0.644. The number of benzene rings is 2. The first kappa shape index (κ1) is 11.3. The number of para-hydroxylation sites is 1. The van der Waals surface area contributed by atoms with Gasteiger partial charge in [0.25, 0.3) is 0 Å². The molecule has 1 nitrogen and oxygen atoms in total. The summed E-state index contributed by atoms with van der Waals surface area (Å²) in [6, 6.07) is 19.7. The van der Waals surface area contributed by atoms with Crippen molar-refractivity contribution in [2.24, 2.45) is 0 Å². The molecule has 0 aliphatic carbocycles. The van der Waals surface area contributed by atoms with E-state index in [9.17, 15) is 0 Å². The average Bonchev–Trinajstić information content (AvgIpc) is 2.47. The number of hydrogen-bond donors (Lipinski definition) is 0. The molecule has 0 radical (unpaired) electrons. The second kappa shape index (κ2) is 4.85. The lowest BCUT2D eigenvalue weighted by Gasteiger charge is -2.35. The maximum Gasteiger partial charge on any atom is 0.0404 e. The molecule has 0 amide bonds. The summed E-state index contributed by atoms with van der Waals surface area (Å²) >= 11 is 0. The molecule has 92 valence electrons. The molecule has 2 aromatic rings. The Morgan fingerprint density at radius 2 is 1.72 bits per heavy atom. The van der Waals surface area contributed by atoms with Crippen molar-refractivity contribution in [3.63, 3.8) is 0 Å². The number of hydrogen-bond acceptors (Lipinski definition) is 1. The third kappa shape index (κ3) is 1.90. The minimum atomic E-state index is 0.560. The van der Waals surface area contributed by atoms with Gasteiger partial charge in [-0.15, -0.1) is 0 Å². The van der Waals surface area contributed by atoms with Gasteiger partial charge in [0.05, 0.1) is 0 Å². The molecule has 2 aromatic carbocycles. The van der Waals surface area contributed by atoms with Crippen LogP contribution in [-0.2, 0) is 0 Å². The summed E-state index contributed by atoms with van der Waals surface area (Å²) in [5.74, 6) is 0.560. The van der Waals surface area contributed by atoms with Crippen LogP contribution in [-0.4, -0.2) is 13.1 Å². The third-order valence-corrected chi connectivity index (χ3v) is 3.92. The topological polar surface area (TPSA) is 3.24 Å². The van der Waals surface area contributed by atoms with Gasteiger partial charge in [0.2, 0.25) is 0 Å². The second-order valence-corrected chi connectivity index (χ2v) is 4.89. The Morgan fingerprint density at radius 1 is 1.00 bits per heavy atom. The molecule has 0 bridgehead atoms. The minimum Gasteiger partial charge on any atom is -0.372 e. The second-order valence-electron chi connectivity index (χ2n) is 4.89. The van der Waals surface area contributed by atoms with Gasteiger partial charge in [0.1, 0.15) is 0 Å². The third-order valence-electron chi connectivity index (χ3n) is 3.92. The molecule has 0 fully saturated rings. The zero-order chi connectivity index (χ0) is 12.4. The Hall–Kier alpha value is -1.76. The number of rotatable bonds is 2. The van der Waals surface area contributed by atoms with E-state index in [-0.39, 0.29) is 0 Å². The van der Waals surface area contributed by atoms with Gasteiger partial charge in [0, 0.05) is 24.7 Å². The van der Waals surface area contributed by atoms with E-state index in [0.717, 1.165) is 13.1 Å². The van der Waals surface area contributed by atoms with E-state index in [4.69, 9.17) is 0 Å². The lowest BCUT2D eigenvalue weighted by Crippen LogP contribution is -2.31. The molecule has 1 unspecified atom stereocenters. The van der Waals surface area contributed by atoms with E-state index in [0.29, 0.717) is 5.92 Å². The van der Waals surface area contributed by atoms with Crippen LogP contribution in [0.5, 0.6) is 0 Å². The summed E-state index contributed by atoms with van der Waals surface area (Å²) in [7, 11) is 0. The Labute approximate surface area is 109 Å². The van der Waals surface area contributed by atoms with Crippen molar-refractivity contribution >= 4 is 5.69 Å². The highest BCUT2D eigenvalue weighted by molar-refractivity contribution is 5.59. The molecule has 0 saturated heterocycles. The molecule has 0 spiro atoms. The van der Waals surface area contributed by atoms with E-state index in [1.165, 1.54) is 23.2 Å². The number of anilines is 1. The Morgan fingerprint density at radius 3 is 2.50 bits per heavy atom. The van der Waals surface area contributed by atoms with Gasteiger partial charge in [-0.2, -0.15) is 0 Å². The van der Waals surface area contributed by atoms with Crippen molar-refractivity contribution in [3.8, 4) is 0 Å². The van der Waals surface area contributed by atoms with Crippen LogP contribution >= 0.6 is 0 Å². The van der Waals surface area contributed by atoms with Crippen molar-refractivity contribution in [1.29, 1.82) is 0 Å². The summed E-state index contributed by atoms with van der Waals surface area (Å²) in [4.78, 5) is 2.48. The van der Waals surface area contributed by atoms with Crippen LogP contribution in [0.1, 0.15) is 30.4 Å². The SMILES string of the molecule is CCN1CCC(c2ccccc2)c2ccccc21. The molecule has 0 saturated carbocycles. The number of fused-ring (bicyclic) bond motifs is 1. The molecule has 0 aromatic heterocycles. The molecule has 1 aliphatic heterocycles. The van der Waals surface area contributed by atoms with E-state index < -0.39 is 0 Å². The molecule has 1 atom stereocenters. The van der Waals surface area contributed by atoms with Crippen LogP contribution in [0.15, 0.2) is 54.6 Å². The van der Waals surface area contributed by atoms with Crippen LogP contribution in [0.3, 0.4) is 0 Å². The maximum absolute atomic E-state index is 2.48. The molecule has 0 N–H and O–H groups in total. The Kier molecular flexibility index (Phi) is 3.06. The van der Waals surface area contributed by atoms with E-state index >= 15 is 0 Å². The summed E-state index contributed by atoms with van der Waals surface area (Å²) in [5.41, 5.74) is 4.35. The van der Waals surface area contributed by atoms with Gasteiger partial charge in [-0.1, -0.05) is 48.5 Å². The zero-order valence-corrected chi connectivity index (χ0v) is 10.8. The van der Waals surface area contributed by atoms with Crippen LogP contribution in [0.2, 0.25) is 0 Å². The van der Waals surface area contributed by atoms with E-state index in [1.54, 1.807) is 0 Å². The van der Waals surface area contributed by atoms with Gasteiger partial charge in [0.15, 0.2) is 0 Å². The largest absolute Gasteiger partial charge is 0.372 e. The van der Waals surface area contributed by atoms with Crippen molar-refractivity contribution in [2.75, 3.05) is 18.0 Å². The minimum absolute atomic E-state index is 0.560. The molecule has 1 aliphatic rings. The van der Waals surface area contributed by atoms with Gasteiger partial charge in [-0.05, 0) is 30.5 Å². The fraction of sp³-hybridized carbons (Fsp3) is 0.294. The Bertz CT molecular complexity index is 518. The highest BCUT2D eigenvalue weighted by Gasteiger charge is 2.24. The standard InChI is InChI=1S/C17H19N/c1-2-18-13-12-15(14-8-4-3-5-9-14)16-10-6-7-11-17(16)18/h3-11,15H,2,12-13H2,1H3. The number of nitrogens with zero attached hydrogens (tertiary/aromatic N) is 1. The molecular weight excluding hydrogens is 218 g/mol. The van der Waals surface area contributed by atoms with Gasteiger partial charge in [-0.3, -0.25) is 0 Å². The summed E-state index contributed by atoms with van der Waals surface area (Å²) in [6.45, 7) is 4.49. The quantitative estimate of drug-likeness (QED) is 0.761. The first-order valence-corrected chi connectivity index (χ1v) is 6.79. The van der Waals surface area contributed by atoms with Crippen LogP contribution < -0.4 is 4.90 Å². The van der Waals surface area contributed by atoms with Gasteiger partial charge >= 0.3 is 0 Å². The highest BCUT2D eigenvalue weighted by Crippen LogP contribution is 2.38. The van der Waals surface area contributed by atoms with E-state index in [1.807, 2.05) is 0 Å². The first-order valence-electron chi connectivity index (χ1n) is 6.79.